The summed E-state index contributed by atoms with van der Waals surface area (Å²) >= 11 is 6.31. The number of nitrogens with zero attached hydrogens (tertiary/aromatic N) is 1. The number of hydrogen-bond acceptors (Lipinski definition) is 4. The van der Waals surface area contributed by atoms with Crippen molar-refractivity contribution in [1.82, 2.24) is 4.90 Å². The Balaban J connectivity index is 1.99. The van der Waals surface area contributed by atoms with Gasteiger partial charge in [0.25, 0.3) is 0 Å². The molecule has 4 nitrogen and oxygen atoms in total. The summed E-state index contributed by atoms with van der Waals surface area (Å²) in [5.74, 6) is 1.69. The van der Waals surface area contributed by atoms with Gasteiger partial charge in [-0.3, -0.25) is 9.69 Å². The summed E-state index contributed by atoms with van der Waals surface area (Å²) in [5, 5.41) is 0.683. The molecule has 2 aliphatic rings. The highest BCUT2D eigenvalue weighted by Crippen LogP contribution is 2.49. The summed E-state index contributed by atoms with van der Waals surface area (Å²) in [6.45, 7) is 1.67. The normalized spacial score (nSPS) is 22.5. The van der Waals surface area contributed by atoms with E-state index in [0.717, 1.165) is 36.4 Å². The third-order valence-corrected chi connectivity index (χ3v) is 5.90. The standard InChI is InChI=1S/C21H22ClNO3/c1-25-19-10-14-6-8-23-9-7-17(24)13-21(23,18(14)12-20(19)26-2)15-4-3-5-16(22)11-15/h3-5,10-12H,6-9,13H2,1-2H3. The largest absolute Gasteiger partial charge is 0.493 e. The highest BCUT2D eigenvalue weighted by Gasteiger charge is 2.48. The molecule has 0 amide bonds. The van der Waals surface area contributed by atoms with Gasteiger partial charge in [0.05, 0.1) is 19.8 Å². The van der Waals surface area contributed by atoms with E-state index in [-0.39, 0.29) is 5.78 Å². The fourth-order valence-electron chi connectivity index (χ4n) is 4.46. The van der Waals surface area contributed by atoms with Gasteiger partial charge in [-0.15, -0.1) is 0 Å². The molecular weight excluding hydrogens is 350 g/mol. The quantitative estimate of drug-likeness (QED) is 0.822. The number of carbonyl (C=O) groups excluding carboxylic acids is 1. The molecular formula is C21H22ClNO3. The molecule has 0 spiro atoms. The molecule has 2 aliphatic heterocycles. The van der Waals surface area contributed by atoms with Crippen LogP contribution >= 0.6 is 11.6 Å². The predicted octanol–water partition coefficient (Wildman–Crippen LogP) is 3.82. The Morgan fingerprint density at radius 1 is 1.04 bits per heavy atom. The number of halogens is 1. The fourth-order valence-corrected chi connectivity index (χ4v) is 4.65. The number of ketones is 1. The zero-order chi connectivity index (χ0) is 18.3. The third-order valence-electron chi connectivity index (χ3n) is 5.66. The highest BCUT2D eigenvalue weighted by atomic mass is 35.5. The number of methoxy groups -OCH3 is 2. The molecule has 1 unspecified atom stereocenters. The molecule has 5 heteroatoms. The van der Waals surface area contributed by atoms with Gasteiger partial charge in [0.2, 0.25) is 0 Å². The van der Waals surface area contributed by atoms with Crippen molar-refractivity contribution < 1.29 is 14.3 Å². The maximum Gasteiger partial charge on any atom is 0.161 e. The lowest BCUT2D eigenvalue weighted by Crippen LogP contribution is -2.56. The van der Waals surface area contributed by atoms with Crippen LogP contribution in [0.25, 0.3) is 0 Å². The maximum atomic E-state index is 12.6. The molecule has 4 rings (SSSR count). The first kappa shape index (κ1) is 17.4. The molecule has 0 aliphatic carbocycles. The van der Waals surface area contributed by atoms with Crippen LogP contribution in [0.4, 0.5) is 0 Å². The minimum absolute atomic E-state index is 0.281. The van der Waals surface area contributed by atoms with Crippen molar-refractivity contribution in [2.75, 3.05) is 27.3 Å². The molecule has 2 aromatic carbocycles. The summed E-state index contributed by atoms with van der Waals surface area (Å²) in [6.07, 6.45) is 1.98. The molecule has 0 aromatic heterocycles. The van der Waals surface area contributed by atoms with Crippen molar-refractivity contribution in [3.63, 3.8) is 0 Å². The number of fused-ring (bicyclic) bond motifs is 3. The lowest BCUT2D eigenvalue weighted by Gasteiger charge is -2.51. The number of carbonyl (C=O) groups is 1. The van der Waals surface area contributed by atoms with Crippen LogP contribution in [0.2, 0.25) is 5.02 Å². The van der Waals surface area contributed by atoms with Crippen LogP contribution in [0.3, 0.4) is 0 Å². The Bertz CT molecular complexity index is 866. The van der Waals surface area contributed by atoms with Crippen molar-refractivity contribution in [2.45, 2.75) is 24.8 Å². The molecule has 26 heavy (non-hydrogen) atoms. The number of hydrogen-bond donors (Lipinski definition) is 0. The number of ether oxygens (including phenoxy) is 2. The molecule has 2 aromatic rings. The lowest BCUT2D eigenvalue weighted by atomic mass is 9.70. The summed E-state index contributed by atoms with van der Waals surface area (Å²) in [4.78, 5) is 15.0. The van der Waals surface area contributed by atoms with E-state index in [1.807, 2.05) is 24.3 Å². The van der Waals surface area contributed by atoms with E-state index >= 15 is 0 Å². The summed E-state index contributed by atoms with van der Waals surface area (Å²) < 4.78 is 11.0. The van der Waals surface area contributed by atoms with Gasteiger partial charge in [0.1, 0.15) is 5.78 Å². The van der Waals surface area contributed by atoms with Gasteiger partial charge in [0.15, 0.2) is 11.5 Å². The van der Waals surface area contributed by atoms with Crippen LogP contribution in [-0.2, 0) is 16.8 Å². The van der Waals surface area contributed by atoms with Crippen molar-refractivity contribution >= 4 is 17.4 Å². The molecule has 136 valence electrons. The SMILES string of the molecule is COc1cc2c(cc1OC)C1(c3cccc(Cl)c3)CC(=O)CCN1CC2. The molecule has 0 bridgehead atoms. The van der Waals surface area contributed by atoms with E-state index in [2.05, 4.69) is 17.0 Å². The second-order valence-corrected chi connectivity index (χ2v) is 7.37. The van der Waals surface area contributed by atoms with Gasteiger partial charge in [0, 0.05) is 31.0 Å². The van der Waals surface area contributed by atoms with Crippen molar-refractivity contribution in [3.05, 3.63) is 58.1 Å². The number of piperidine rings is 1. The Morgan fingerprint density at radius 3 is 2.50 bits per heavy atom. The molecule has 1 saturated heterocycles. The zero-order valence-electron chi connectivity index (χ0n) is 15.0. The van der Waals surface area contributed by atoms with Gasteiger partial charge >= 0.3 is 0 Å². The monoisotopic (exact) mass is 371 g/mol. The third kappa shape index (κ3) is 2.60. The highest BCUT2D eigenvalue weighted by molar-refractivity contribution is 6.30. The zero-order valence-corrected chi connectivity index (χ0v) is 15.8. The van der Waals surface area contributed by atoms with Crippen LogP contribution in [0.15, 0.2) is 36.4 Å². The van der Waals surface area contributed by atoms with E-state index in [9.17, 15) is 4.79 Å². The average molecular weight is 372 g/mol. The maximum absolute atomic E-state index is 12.6. The van der Waals surface area contributed by atoms with Crippen LogP contribution in [0.5, 0.6) is 11.5 Å². The lowest BCUT2D eigenvalue weighted by molar-refractivity contribution is -0.126. The minimum atomic E-state index is -0.493. The van der Waals surface area contributed by atoms with Crippen LogP contribution < -0.4 is 9.47 Å². The first-order valence-electron chi connectivity index (χ1n) is 8.86. The predicted molar refractivity (Wildman–Crippen MR) is 101 cm³/mol. The van der Waals surface area contributed by atoms with Crippen LogP contribution in [0, 0.1) is 0 Å². The van der Waals surface area contributed by atoms with Crippen molar-refractivity contribution in [2.24, 2.45) is 0 Å². The van der Waals surface area contributed by atoms with E-state index in [1.54, 1.807) is 14.2 Å². The first-order valence-corrected chi connectivity index (χ1v) is 9.24. The van der Waals surface area contributed by atoms with Gasteiger partial charge in [-0.25, -0.2) is 0 Å². The Hall–Kier alpha value is -2.04. The molecule has 2 heterocycles. The number of benzene rings is 2. The van der Waals surface area contributed by atoms with Gasteiger partial charge in [-0.05, 0) is 47.4 Å². The van der Waals surface area contributed by atoms with Crippen LogP contribution in [-0.4, -0.2) is 38.0 Å². The Morgan fingerprint density at radius 2 is 1.77 bits per heavy atom. The summed E-state index contributed by atoms with van der Waals surface area (Å²) in [5.41, 5.74) is 2.89. The molecule has 0 saturated carbocycles. The van der Waals surface area contributed by atoms with Crippen molar-refractivity contribution in [1.29, 1.82) is 0 Å². The van der Waals surface area contributed by atoms with Gasteiger partial charge in [-0.2, -0.15) is 0 Å². The topological polar surface area (TPSA) is 38.8 Å². The van der Waals surface area contributed by atoms with E-state index in [1.165, 1.54) is 5.56 Å². The second-order valence-electron chi connectivity index (χ2n) is 6.94. The van der Waals surface area contributed by atoms with Crippen LogP contribution in [0.1, 0.15) is 29.5 Å². The first-order chi connectivity index (χ1) is 12.6. The van der Waals surface area contributed by atoms with E-state index < -0.39 is 5.54 Å². The van der Waals surface area contributed by atoms with Gasteiger partial charge < -0.3 is 9.47 Å². The second kappa shape index (κ2) is 6.60. The summed E-state index contributed by atoms with van der Waals surface area (Å²) in [7, 11) is 3.29. The molecule has 1 fully saturated rings. The minimum Gasteiger partial charge on any atom is -0.493 e. The Kier molecular flexibility index (Phi) is 4.41. The van der Waals surface area contributed by atoms with Crippen molar-refractivity contribution in [3.8, 4) is 11.5 Å². The smallest absolute Gasteiger partial charge is 0.161 e. The molecule has 0 N–H and O–H groups in total. The van der Waals surface area contributed by atoms with E-state index in [0.29, 0.717) is 23.6 Å². The number of Topliss-reactive ketones (excluding diaryl/α,β-unsaturated/α-hetero) is 1. The number of rotatable bonds is 3. The summed E-state index contributed by atoms with van der Waals surface area (Å²) in [6, 6.07) is 12.0. The van der Waals surface area contributed by atoms with E-state index in [4.69, 9.17) is 21.1 Å². The fraction of sp³-hybridized carbons (Fsp3) is 0.381. The Labute approximate surface area is 158 Å². The average Bonchev–Trinajstić information content (AvgIpc) is 2.66. The molecule has 0 radical (unpaired) electrons. The van der Waals surface area contributed by atoms with Gasteiger partial charge in [-0.1, -0.05) is 23.7 Å². The molecule has 1 atom stereocenters.